The second-order valence-electron chi connectivity index (χ2n) is 5.07. The second-order valence-corrected chi connectivity index (χ2v) is 8.44. The first-order chi connectivity index (χ1) is 7.39. The molecule has 0 aromatic carbocycles. The highest BCUT2D eigenvalue weighted by atomic mass is 32.2. The van der Waals surface area contributed by atoms with Crippen LogP contribution in [0.25, 0.3) is 0 Å². The Labute approximate surface area is 101 Å². The summed E-state index contributed by atoms with van der Waals surface area (Å²) < 4.78 is 23.2. The second kappa shape index (κ2) is 4.22. The van der Waals surface area contributed by atoms with Crippen molar-refractivity contribution >= 4 is 26.8 Å². The minimum atomic E-state index is -2.85. The molecular weight excluding hydrogens is 244 g/mol. The molecule has 2 saturated heterocycles. The van der Waals surface area contributed by atoms with Crippen molar-refractivity contribution < 1.29 is 8.42 Å². The van der Waals surface area contributed by atoms with E-state index in [4.69, 9.17) is 0 Å². The molecule has 2 aliphatic heterocycles. The van der Waals surface area contributed by atoms with E-state index < -0.39 is 9.84 Å². The van der Waals surface area contributed by atoms with Crippen molar-refractivity contribution in [1.29, 1.82) is 0 Å². The molecule has 0 aromatic rings. The number of rotatable bonds is 2. The van der Waals surface area contributed by atoms with Crippen LogP contribution in [-0.4, -0.2) is 42.4 Å². The molecule has 4 nitrogen and oxygen atoms in total. The van der Waals surface area contributed by atoms with E-state index in [0.29, 0.717) is 12.3 Å². The van der Waals surface area contributed by atoms with Gasteiger partial charge >= 0.3 is 0 Å². The number of hydrogen-bond acceptors (Lipinski definition) is 4. The molecule has 2 aliphatic rings. The Bertz CT molecular complexity index is 401. The molecule has 6 heteroatoms. The first kappa shape index (κ1) is 12.2. The fraction of sp³-hybridized carbons (Fsp3) is 0.900. The number of sulfone groups is 1. The Morgan fingerprint density at radius 1 is 1.56 bits per heavy atom. The number of aliphatic imine (C=N–C) groups is 1. The number of nitrogens with zero attached hydrogens (tertiary/aromatic N) is 1. The summed E-state index contributed by atoms with van der Waals surface area (Å²) in [6.07, 6.45) is 1.57. The van der Waals surface area contributed by atoms with Gasteiger partial charge in [-0.2, -0.15) is 0 Å². The van der Waals surface area contributed by atoms with Crippen molar-refractivity contribution in [2.24, 2.45) is 4.99 Å². The van der Waals surface area contributed by atoms with Crippen LogP contribution in [-0.2, 0) is 9.84 Å². The highest BCUT2D eigenvalue weighted by Crippen LogP contribution is 2.24. The predicted molar refractivity (Wildman–Crippen MR) is 68.8 cm³/mol. The average Bonchev–Trinajstić information content (AvgIpc) is 2.66. The summed E-state index contributed by atoms with van der Waals surface area (Å²) in [7, 11) is -2.85. The van der Waals surface area contributed by atoms with Gasteiger partial charge in [0.05, 0.1) is 17.5 Å². The topological polar surface area (TPSA) is 58.5 Å². The number of nitrogens with one attached hydrogen (secondary N) is 1. The zero-order valence-electron chi connectivity index (χ0n) is 9.69. The van der Waals surface area contributed by atoms with E-state index in [2.05, 4.69) is 24.2 Å². The lowest BCUT2D eigenvalue weighted by atomic mass is 10.1. The van der Waals surface area contributed by atoms with Crippen LogP contribution in [0.1, 0.15) is 26.7 Å². The van der Waals surface area contributed by atoms with E-state index in [0.717, 1.165) is 23.8 Å². The molecule has 2 heterocycles. The highest BCUT2D eigenvalue weighted by Gasteiger charge is 2.32. The lowest BCUT2D eigenvalue weighted by molar-refractivity contribution is 0.536. The third-order valence-corrected chi connectivity index (χ3v) is 6.55. The van der Waals surface area contributed by atoms with Crippen molar-refractivity contribution in [3.8, 4) is 0 Å². The van der Waals surface area contributed by atoms with Crippen LogP contribution in [0.3, 0.4) is 0 Å². The summed E-state index contributed by atoms with van der Waals surface area (Å²) in [6, 6.07) is 0. The van der Waals surface area contributed by atoms with Crippen LogP contribution >= 0.6 is 11.8 Å². The standard InChI is InChI=1S/C10H18N2O2S2/c1-10(2)7-15-9(12-10)11-6-8-4-3-5-16(8,13)14/h8H,3-7H2,1-2H3,(H,11,12). The Morgan fingerprint density at radius 2 is 2.31 bits per heavy atom. The monoisotopic (exact) mass is 262 g/mol. The van der Waals surface area contributed by atoms with Gasteiger partial charge in [0.15, 0.2) is 15.0 Å². The Morgan fingerprint density at radius 3 is 2.81 bits per heavy atom. The van der Waals surface area contributed by atoms with E-state index >= 15 is 0 Å². The van der Waals surface area contributed by atoms with E-state index in [1.165, 1.54) is 0 Å². The van der Waals surface area contributed by atoms with Gasteiger partial charge in [-0.25, -0.2) is 8.42 Å². The predicted octanol–water partition coefficient (Wildman–Crippen LogP) is 1.03. The van der Waals surface area contributed by atoms with Gasteiger partial charge < -0.3 is 5.32 Å². The number of thioether (sulfide) groups is 1. The van der Waals surface area contributed by atoms with Gasteiger partial charge in [-0.3, -0.25) is 4.99 Å². The van der Waals surface area contributed by atoms with Gasteiger partial charge in [-0.1, -0.05) is 11.8 Å². The van der Waals surface area contributed by atoms with Gasteiger partial charge in [0.2, 0.25) is 0 Å². The molecule has 0 aliphatic carbocycles. The summed E-state index contributed by atoms with van der Waals surface area (Å²) in [4.78, 5) is 4.39. The van der Waals surface area contributed by atoms with Crippen LogP contribution in [0.4, 0.5) is 0 Å². The first-order valence-electron chi connectivity index (χ1n) is 5.56. The van der Waals surface area contributed by atoms with Gasteiger partial charge in [0.1, 0.15) is 0 Å². The number of amidine groups is 1. The summed E-state index contributed by atoms with van der Waals surface area (Å²) >= 11 is 1.68. The van der Waals surface area contributed by atoms with Crippen molar-refractivity contribution in [3.05, 3.63) is 0 Å². The summed E-state index contributed by atoms with van der Waals surface area (Å²) in [5.74, 6) is 1.33. The molecule has 16 heavy (non-hydrogen) atoms. The normalized spacial score (nSPS) is 34.1. The molecule has 2 fully saturated rings. The largest absolute Gasteiger partial charge is 0.359 e. The molecule has 0 radical (unpaired) electrons. The van der Waals surface area contributed by atoms with Crippen LogP contribution in [0.15, 0.2) is 4.99 Å². The molecule has 0 aromatic heterocycles. The maximum atomic E-state index is 11.6. The molecule has 1 N–H and O–H groups in total. The van der Waals surface area contributed by atoms with Crippen LogP contribution < -0.4 is 5.32 Å². The quantitative estimate of drug-likeness (QED) is 0.807. The molecule has 0 amide bonds. The zero-order valence-corrected chi connectivity index (χ0v) is 11.3. The molecule has 1 unspecified atom stereocenters. The lowest BCUT2D eigenvalue weighted by Gasteiger charge is -2.16. The SMILES string of the molecule is CC1(C)CSC(=NCC2CCCS2(=O)=O)N1. The van der Waals surface area contributed by atoms with Crippen molar-refractivity contribution in [2.45, 2.75) is 37.5 Å². The molecule has 1 atom stereocenters. The van der Waals surface area contributed by atoms with Gasteiger partial charge in [-0.05, 0) is 26.7 Å². The minimum Gasteiger partial charge on any atom is -0.359 e. The molecule has 0 saturated carbocycles. The maximum Gasteiger partial charge on any atom is 0.157 e. The van der Waals surface area contributed by atoms with Crippen molar-refractivity contribution in [1.82, 2.24) is 5.32 Å². The van der Waals surface area contributed by atoms with Crippen LogP contribution in [0.5, 0.6) is 0 Å². The third-order valence-electron chi connectivity index (χ3n) is 2.92. The zero-order chi connectivity index (χ0) is 11.8. The maximum absolute atomic E-state index is 11.6. The fourth-order valence-electron chi connectivity index (χ4n) is 1.94. The van der Waals surface area contributed by atoms with E-state index in [1.807, 2.05) is 0 Å². The van der Waals surface area contributed by atoms with E-state index in [1.54, 1.807) is 11.8 Å². The summed E-state index contributed by atoms with van der Waals surface area (Å²) in [5.41, 5.74) is 0.0814. The average molecular weight is 262 g/mol. The Hall–Kier alpha value is -0.230. The van der Waals surface area contributed by atoms with Crippen molar-refractivity contribution in [3.63, 3.8) is 0 Å². The fourth-order valence-corrected chi connectivity index (χ4v) is 4.76. The first-order valence-corrected chi connectivity index (χ1v) is 8.26. The highest BCUT2D eigenvalue weighted by molar-refractivity contribution is 8.14. The molecule has 2 rings (SSSR count). The molecular formula is C10H18N2O2S2. The Kier molecular flexibility index (Phi) is 3.22. The molecule has 0 spiro atoms. The van der Waals surface area contributed by atoms with Crippen LogP contribution in [0.2, 0.25) is 0 Å². The minimum absolute atomic E-state index is 0.0814. The lowest BCUT2D eigenvalue weighted by Crippen LogP contribution is -2.37. The summed E-state index contributed by atoms with van der Waals surface area (Å²) in [5, 5.41) is 3.95. The van der Waals surface area contributed by atoms with Crippen molar-refractivity contribution in [2.75, 3.05) is 18.1 Å². The molecule has 0 bridgehead atoms. The Balaban J connectivity index is 1.95. The van der Waals surface area contributed by atoms with Gasteiger partial charge in [-0.15, -0.1) is 0 Å². The smallest absolute Gasteiger partial charge is 0.157 e. The van der Waals surface area contributed by atoms with E-state index in [9.17, 15) is 8.42 Å². The number of hydrogen-bond donors (Lipinski definition) is 1. The van der Waals surface area contributed by atoms with E-state index in [-0.39, 0.29) is 10.8 Å². The third kappa shape index (κ3) is 2.71. The molecule has 92 valence electrons. The van der Waals surface area contributed by atoms with Gasteiger partial charge in [0.25, 0.3) is 0 Å². The summed E-state index contributed by atoms with van der Waals surface area (Å²) in [6.45, 7) is 4.66. The van der Waals surface area contributed by atoms with Crippen LogP contribution in [0, 0.1) is 0 Å². The van der Waals surface area contributed by atoms with Gasteiger partial charge in [0, 0.05) is 11.3 Å².